The van der Waals surface area contributed by atoms with E-state index in [2.05, 4.69) is 0 Å². The fraction of sp³-hybridized carbons (Fsp3) is 0.500. The van der Waals surface area contributed by atoms with Crippen LogP contribution in [0.2, 0.25) is 0 Å². The fourth-order valence-electron chi connectivity index (χ4n) is 1.45. The first-order chi connectivity index (χ1) is 5.12. The Bertz CT molecular complexity index is 257. The van der Waals surface area contributed by atoms with Gasteiger partial charge < -0.3 is 4.74 Å². The van der Waals surface area contributed by atoms with Gasteiger partial charge in [-0.3, -0.25) is 0 Å². The summed E-state index contributed by atoms with van der Waals surface area (Å²) in [5.41, 5.74) is -0.443. The summed E-state index contributed by atoms with van der Waals surface area (Å²) in [6.07, 6.45) is 4.83. The Labute approximate surface area is 75.6 Å². The molecule has 0 N–H and O–H groups in total. The quantitative estimate of drug-likeness (QED) is 0.535. The van der Waals surface area contributed by atoms with Crippen LogP contribution < -0.4 is 0 Å². The highest BCUT2D eigenvalue weighted by Gasteiger charge is 2.39. The number of halogens is 2. The van der Waals surface area contributed by atoms with Gasteiger partial charge in [0.15, 0.2) is 0 Å². The van der Waals surface area contributed by atoms with Crippen LogP contribution in [0.4, 0.5) is 0 Å². The van der Waals surface area contributed by atoms with Gasteiger partial charge in [0.2, 0.25) is 0 Å². The van der Waals surface area contributed by atoms with E-state index in [1.54, 1.807) is 0 Å². The van der Waals surface area contributed by atoms with Crippen LogP contribution in [0.1, 0.15) is 13.3 Å². The lowest BCUT2D eigenvalue weighted by Crippen LogP contribution is -2.30. The summed E-state index contributed by atoms with van der Waals surface area (Å²) in [6, 6.07) is 0. The smallest absolute Gasteiger partial charge is 0.121 e. The van der Waals surface area contributed by atoms with Gasteiger partial charge in [-0.05, 0) is 13.0 Å². The normalized spacial score (nSPS) is 41.9. The first kappa shape index (κ1) is 7.66. The van der Waals surface area contributed by atoms with Crippen molar-refractivity contribution in [1.82, 2.24) is 0 Å². The molecule has 0 spiro atoms. The summed E-state index contributed by atoms with van der Waals surface area (Å²) in [6.45, 7) is 1.92. The summed E-state index contributed by atoms with van der Waals surface area (Å²) in [4.78, 5) is 0. The summed E-state index contributed by atoms with van der Waals surface area (Å²) in [5, 5.41) is 1.36. The molecule has 0 saturated carbocycles. The van der Waals surface area contributed by atoms with E-state index in [4.69, 9.17) is 27.9 Å². The molecule has 11 heavy (non-hydrogen) atoms. The van der Waals surface area contributed by atoms with Crippen LogP contribution in [-0.4, -0.2) is 11.7 Å². The molecule has 0 saturated heterocycles. The maximum absolute atomic E-state index is 5.97. The van der Waals surface area contributed by atoms with Crippen LogP contribution >= 0.6 is 23.2 Å². The number of hydrogen-bond donors (Lipinski definition) is 0. The predicted molar refractivity (Wildman–Crippen MR) is 45.8 cm³/mol. The highest BCUT2D eigenvalue weighted by Crippen LogP contribution is 2.43. The van der Waals surface area contributed by atoms with E-state index < -0.39 is 5.60 Å². The molecule has 60 valence electrons. The Morgan fingerprint density at radius 1 is 1.64 bits per heavy atom. The topological polar surface area (TPSA) is 9.23 Å². The summed E-state index contributed by atoms with van der Waals surface area (Å²) in [7, 11) is 0. The molecule has 0 aromatic heterocycles. The predicted octanol–water partition coefficient (Wildman–Crippen LogP) is 2.79. The van der Waals surface area contributed by atoms with Crippen molar-refractivity contribution < 1.29 is 4.74 Å². The van der Waals surface area contributed by atoms with E-state index in [0.29, 0.717) is 11.5 Å². The lowest BCUT2D eigenvalue weighted by molar-refractivity contribution is 0.00947. The van der Waals surface area contributed by atoms with E-state index in [9.17, 15) is 0 Å². The first-order valence-electron chi connectivity index (χ1n) is 3.53. The van der Waals surface area contributed by atoms with Crippen LogP contribution in [0.3, 0.4) is 0 Å². The molecule has 0 aromatic carbocycles. The van der Waals surface area contributed by atoms with E-state index in [-0.39, 0.29) is 6.10 Å². The molecule has 0 radical (unpaired) electrons. The fourth-order valence-corrected chi connectivity index (χ4v) is 1.98. The van der Waals surface area contributed by atoms with Crippen LogP contribution in [0, 0.1) is 0 Å². The van der Waals surface area contributed by atoms with Crippen LogP contribution in [0.25, 0.3) is 0 Å². The molecule has 2 aliphatic heterocycles. The minimum atomic E-state index is -0.443. The minimum absolute atomic E-state index is 0.134. The van der Waals surface area contributed by atoms with E-state index in [1.165, 1.54) is 0 Å². The van der Waals surface area contributed by atoms with Crippen molar-refractivity contribution in [2.45, 2.75) is 25.0 Å². The SMILES string of the molecule is C[C@]12C=C[C@@H](CC(Cl)=C1Cl)O2. The highest BCUT2D eigenvalue weighted by atomic mass is 35.5. The Kier molecular flexibility index (Phi) is 1.57. The molecule has 2 aliphatic rings. The number of hydrogen-bond acceptors (Lipinski definition) is 1. The second kappa shape index (κ2) is 2.25. The molecule has 0 aliphatic carbocycles. The van der Waals surface area contributed by atoms with Crippen LogP contribution in [0.5, 0.6) is 0 Å². The van der Waals surface area contributed by atoms with Gasteiger partial charge in [0.05, 0.1) is 11.1 Å². The van der Waals surface area contributed by atoms with Gasteiger partial charge in [-0.2, -0.15) is 0 Å². The maximum Gasteiger partial charge on any atom is 0.121 e. The van der Waals surface area contributed by atoms with Gasteiger partial charge in [-0.25, -0.2) is 0 Å². The first-order valence-corrected chi connectivity index (χ1v) is 4.29. The van der Waals surface area contributed by atoms with Crippen LogP contribution in [0.15, 0.2) is 22.2 Å². The molecule has 3 heteroatoms. The van der Waals surface area contributed by atoms with Gasteiger partial charge in [-0.1, -0.05) is 29.3 Å². The summed E-state index contributed by atoms with van der Waals surface area (Å²) in [5.74, 6) is 0. The zero-order chi connectivity index (χ0) is 8.06. The van der Waals surface area contributed by atoms with Gasteiger partial charge in [0.25, 0.3) is 0 Å². The van der Waals surface area contributed by atoms with Crippen molar-refractivity contribution >= 4 is 23.2 Å². The third kappa shape index (κ3) is 1.03. The Hall–Kier alpha value is 0.0200. The van der Waals surface area contributed by atoms with Crippen molar-refractivity contribution in [3.05, 3.63) is 22.2 Å². The summed E-state index contributed by atoms with van der Waals surface area (Å²) < 4.78 is 5.58. The number of rotatable bonds is 0. The molecule has 0 aromatic rings. The Morgan fingerprint density at radius 3 is 3.09 bits per heavy atom. The third-order valence-corrected chi connectivity index (χ3v) is 3.12. The van der Waals surface area contributed by atoms with Gasteiger partial charge in [0, 0.05) is 11.5 Å². The molecule has 1 nitrogen and oxygen atoms in total. The van der Waals surface area contributed by atoms with Crippen molar-refractivity contribution in [2.24, 2.45) is 0 Å². The Balaban J connectivity index is 2.46. The molecule has 2 atom stereocenters. The van der Waals surface area contributed by atoms with E-state index in [1.807, 2.05) is 19.1 Å². The largest absolute Gasteiger partial charge is 0.358 e. The second-order valence-electron chi connectivity index (χ2n) is 3.05. The molecule has 0 unspecified atom stereocenters. The average molecular weight is 191 g/mol. The standard InChI is InChI=1S/C8H8Cl2O/c1-8-3-2-5(11-8)4-6(9)7(8)10/h2-3,5H,4H2,1H3/t5-,8-/m0/s1. The van der Waals surface area contributed by atoms with Gasteiger partial charge in [0.1, 0.15) is 5.60 Å². The van der Waals surface area contributed by atoms with Crippen LogP contribution in [-0.2, 0) is 4.74 Å². The van der Waals surface area contributed by atoms with E-state index in [0.717, 1.165) is 5.03 Å². The Morgan fingerprint density at radius 2 is 2.36 bits per heavy atom. The zero-order valence-corrected chi connectivity index (χ0v) is 7.62. The minimum Gasteiger partial charge on any atom is -0.358 e. The van der Waals surface area contributed by atoms with Crippen molar-refractivity contribution in [3.63, 3.8) is 0 Å². The molecular weight excluding hydrogens is 183 g/mol. The monoisotopic (exact) mass is 190 g/mol. The van der Waals surface area contributed by atoms with Crippen molar-refractivity contribution in [2.75, 3.05) is 0 Å². The average Bonchev–Trinajstić information content (AvgIpc) is 2.27. The van der Waals surface area contributed by atoms with Crippen molar-refractivity contribution in [3.8, 4) is 0 Å². The lowest BCUT2D eigenvalue weighted by Gasteiger charge is -2.29. The van der Waals surface area contributed by atoms with Gasteiger partial charge >= 0.3 is 0 Å². The molecule has 2 rings (SSSR count). The third-order valence-electron chi connectivity index (χ3n) is 2.08. The molecule has 0 fully saturated rings. The zero-order valence-electron chi connectivity index (χ0n) is 6.10. The summed E-state index contributed by atoms with van der Waals surface area (Å²) >= 11 is 11.9. The lowest BCUT2D eigenvalue weighted by atomic mass is 10.1. The number of fused-ring (bicyclic) bond motifs is 2. The second-order valence-corrected chi connectivity index (χ2v) is 3.88. The highest BCUT2D eigenvalue weighted by molar-refractivity contribution is 6.40. The molecule has 2 heterocycles. The van der Waals surface area contributed by atoms with E-state index >= 15 is 0 Å². The maximum atomic E-state index is 5.97. The molecule has 2 bridgehead atoms. The van der Waals surface area contributed by atoms with Crippen molar-refractivity contribution in [1.29, 1.82) is 0 Å². The number of ether oxygens (including phenoxy) is 1. The van der Waals surface area contributed by atoms with Gasteiger partial charge in [-0.15, -0.1) is 0 Å². The molecule has 0 amide bonds. The molecular formula is C8H8Cl2O.